The highest BCUT2D eigenvalue weighted by Gasteiger charge is 2.20. The van der Waals surface area contributed by atoms with Gasteiger partial charge in [0.1, 0.15) is 0 Å². The molecule has 1 amide bonds. The van der Waals surface area contributed by atoms with Crippen molar-refractivity contribution in [3.8, 4) is 0 Å². The highest BCUT2D eigenvalue weighted by atomic mass is 32.2. The standard InChI is InChI=1S/C17H21N5O2S/c1-10(2)8-9-21-15(24)12-6-4-5-7-13(12)22-16(21)19-20-17(22)25-11(3)14(18)23/h4-7,10-11H,8-9H2,1-3H3,(H2,18,23). The summed E-state index contributed by atoms with van der Waals surface area (Å²) < 4.78 is 3.50. The Morgan fingerprint density at radius 1 is 1.24 bits per heavy atom. The molecule has 8 heteroatoms. The molecule has 0 bridgehead atoms. The molecule has 3 aromatic rings. The zero-order chi connectivity index (χ0) is 18.1. The maximum absolute atomic E-state index is 12.9. The van der Waals surface area contributed by atoms with Crippen LogP contribution in [0.2, 0.25) is 0 Å². The molecule has 1 aromatic carbocycles. The minimum Gasteiger partial charge on any atom is -0.369 e. The van der Waals surface area contributed by atoms with Crippen LogP contribution in [0.1, 0.15) is 27.2 Å². The quantitative estimate of drug-likeness (QED) is 0.680. The van der Waals surface area contributed by atoms with Crippen LogP contribution in [0, 0.1) is 5.92 Å². The number of hydrogen-bond donors (Lipinski definition) is 1. The molecule has 0 aliphatic heterocycles. The smallest absolute Gasteiger partial charge is 0.262 e. The van der Waals surface area contributed by atoms with E-state index in [0.717, 1.165) is 11.9 Å². The second-order valence-electron chi connectivity index (χ2n) is 6.44. The van der Waals surface area contributed by atoms with E-state index < -0.39 is 11.2 Å². The fourth-order valence-electron chi connectivity index (χ4n) is 2.61. The number of primary amides is 1. The molecule has 2 aromatic heterocycles. The molecular formula is C17H21N5O2S. The second kappa shape index (κ2) is 6.87. The lowest BCUT2D eigenvalue weighted by Crippen LogP contribution is -2.25. The fourth-order valence-corrected chi connectivity index (χ4v) is 3.42. The number of rotatable bonds is 6. The summed E-state index contributed by atoms with van der Waals surface area (Å²) in [6.07, 6.45) is 0.862. The second-order valence-corrected chi connectivity index (χ2v) is 7.74. The van der Waals surface area contributed by atoms with Gasteiger partial charge in [0.15, 0.2) is 5.16 Å². The molecule has 1 atom stereocenters. The Balaban J connectivity index is 2.25. The van der Waals surface area contributed by atoms with Crippen LogP contribution in [0.4, 0.5) is 0 Å². The van der Waals surface area contributed by atoms with Gasteiger partial charge in [-0.3, -0.25) is 18.6 Å². The van der Waals surface area contributed by atoms with Crippen LogP contribution < -0.4 is 11.3 Å². The highest BCUT2D eigenvalue weighted by molar-refractivity contribution is 8.00. The van der Waals surface area contributed by atoms with Gasteiger partial charge in [-0.15, -0.1) is 10.2 Å². The Morgan fingerprint density at radius 2 is 1.96 bits per heavy atom. The maximum Gasteiger partial charge on any atom is 0.262 e. The summed E-state index contributed by atoms with van der Waals surface area (Å²) in [6, 6.07) is 7.37. The van der Waals surface area contributed by atoms with Gasteiger partial charge >= 0.3 is 0 Å². The number of benzene rings is 1. The molecular weight excluding hydrogens is 338 g/mol. The lowest BCUT2D eigenvalue weighted by molar-refractivity contribution is -0.117. The van der Waals surface area contributed by atoms with Crippen LogP contribution in [-0.2, 0) is 11.3 Å². The first kappa shape index (κ1) is 17.5. The summed E-state index contributed by atoms with van der Waals surface area (Å²) >= 11 is 1.24. The molecule has 7 nitrogen and oxygen atoms in total. The SMILES string of the molecule is CC(C)CCn1c(=O)c2ccccc2n2c(SC(C)C(N)=O)nnc12. The Hall–Kier alpha value is -2.35. The topological polar surface area (TPSA) is 95.3 Å². The van der Waals surface area contributed by atoms with Gasteiger partial charge in [-0.05, 0) is 31.4 Å². The molecule has 132 valence electrons. The van der Waals surface area contributed by atoms with E-state index in [-0.39, 0.29) is 5.56 Å². The molecule has 2 heterocycles. The van der Waals surface area contributed by atoms with Crippen molar-refractivity contribution in [1.29, 1.82) is 0 Å². The van der Waals surface area contributed by atoms with Crippen molar-refractivity contribution in [3.05, 3.63) is 34.6 Å². The predicted molar refractivity (Wildman–Crippen MR) is 98.7 cm³/mol. The van der Waals surface area contributed by atoms with Crippen molar-refractivity contribution < 1.29 is 4.79 Å². The Morgan fingerprint density at radius 3 is 2.64 bits per heavy atom. The number of amides is 1. The number of carbonyl (C=O) groups is 1. The van der Waals surface area contributed by atoms with Crippen LogP contribution in [0.15, 0.2) is 34.2 Å². The number of nitrogens with zero attached hydrogens (tertiary/aromatic N) is 4. The number of hydrogen-bond acceptors (Lipinski definition) is 5. The van der Waals surface area contributed by atoms with Crippen LogP contribution in [0.25, 0.3) is 16.7 Å². The summed E-state index contributed by atoms with van der Waals surface area (Å²) in [5.41, 5.74) is 6.03. The zero-order valence-electron chi connectivity index (χ0n) is 14.5. The Kier molecular flexibility index (Phi) is 4.80. The Bertz CT molecular complexity index is 992. The third-order valence-electron chi connectivity index (χ3n) is 4.09. The highest BCUT2D eigenvalue weighted by Crippen LogP contribution is 2.25. The molecule has 0 spiro atoms. The predicted octanol–water partition coefficient (Wildman–Crippen LogP) is 2.06. The van der Waals surface area contributed by atoms with Gasteiger partial charge in [-0.2, -0.15) is 0 Å². The normalized spacial score (nSPS) is 13.0. The third-order valence-corrected chi connectivity index (χ3v) is 5.15. The monoisotopic (exact) mass is 359 g/mol. The Labute approximate surface area is 149 Å². The third kappa shape index (κ3) is 3.26. The number of thioether (sulfide) groups is 1. The molecule has 0 saturated heterocycles. The van der Waals surface area contributed by atoms with Crippen molar-refractivity contribution >= 4 is 34.3 Å². The first-order valence-electron chi connectivity index (χ1n) is 8.22. The maximum atomic E-state index is 12.9. The van der Waals surface area contributed by atoms with E-state index in [0.29, 0.717) is 28.8 Å². The fraction of sp³-hybridized carbons (Fsp3) is 0.412. The lowest BCUT2D eigenvalue weighted by atomic mass is 10.1. The number of aryl methyl sites for hydroxylation is 1. The van der Waals surface area contributed by atoms with Crippen LogP contribution >= 0.6 is 11.8 Å². The minimum absolute atomic E-state index is 0.0735. The van der Waals surface area contributed by atoms with Gasteiger partial charge in [0.2, 0.25) is 11.7 Å². The summed E-state index contributed by atoms with van der Waals surface area (Å²) in [5.74, 6) is 0.535. The summed E-state index contributed by atoms with van der Waals surface area (Å²) in [6.45, 7) is 6.52. The average molecular weight is 359 g/mol. The van der Waals surface area contributed by atoms with Crippen LogP contribution in [0.3, 0.4) is 0 Å². The largest absolute Gasteiger partial charge is 0.369 e. The van der Waals surface area contributed by atoms with E-state index in [1.165, 1.54) is 11.8 Å². The zero-order valence-corrected chi connectivity index (χ0v) is 15.3. The molecule has 0 fully saturated rings. The lowest BCUT2D eigenvalue weighted by Gasteiger charge is -2.12. The van der Waals surface area contributed by atoms with E-state index in [2.05, 4.69) is 24.0 Å². The van der Waals surface area contributed by atoms with Gasteiger partial charge in [-0.1, -0.05) is 37.7 Å². The average Bonchev–Trinajstić information content (AvgIpc) is 2.98. The van der Waals surface area contributed by atoms with E-state index in [4.69, 9.17) is 5.73 Å². The number of fused-ring (bicyclic) bond motifs is 3. The van der Waals surface area contributed by atoms with Crippen molar-refractivity contribution in [2.24, 2.45) is 11.7 Å². The number of carbonyl (C=O) groups excluding carboxylic acids is 1. The summed E-state index contributed by atoms with van der Waals surface area (Å²) in [5, 5.41) is 9.14. The number of para-hydroxylation sites is 1. The van der Waals surface area contributed by atoms with Gasteiger partial charge in [0.25, 0.3) is 5.56 Å². The van der Waals surface area contributed by atoms with Crippen molar-refractivity contribution in [3.63, 3.8) is 0 Å². The molecule has 25 heavy (non-hydrogen) atoms. The van der Waals surface area contributed by atoms with E-state index >= 15 is 0 Å². The summed E-state index contributed by atoms with van der Waals surface area (Å²) in [7, 11) is 0. The van der Waals surface area contributed by atoms with Gasteiger partial charge < -0.3 is 5.73 Å². The molecule has 0 aliphatic rings. The van der Waals surface area contributed by atoms with Gasteiger partial charge in [-0.25, -0.2) is 0 Å². The van der Waals surface area contributed by atoms with Gasteiger partial charge in [0, 0.05) is 6.54 Å². The molecule has 0 aliphatic carbocycles. The van der Waals surface area contributed by atoms with Crippen LogP contribution in [0.5, 0.6) is 0 Å². The first-order valence-corrected chi connectivity index (χ1v) is 9.10. The van der Waals surface area contributed by atoms with Crippen molar-refractivity contribution in [2.45, 2.75) is 44.1 Å². The number of nitrogens with two attached hydrogens (primary N) is 1. The molecule has 2 N–H and O–H groups in total. The van der Waals surface area contributed by atoms with Crippen LogP contribution in [-0.4, -0.2) is 30.3 Å². The van der Waals surface area contributed by atoms with Crippen molar-refractivity contribution in [2.75, 3.05) is 0 Å². The van der Waals surface area contributed by atoms with Gasteiger partial charge in [0.05, 0.1) is 16.2 Å². The van der Waals surface area contributed by atoms with Crippen molar-refractivity contribution in [1.82, 2.24) is 19.2 Å². The summed E-state index contributed by atoms with van der Waals surface area (Å²) in [4.78, 5) is 24.3. The molecule has 3 rings (SSSR count). The molecule has 0 radical (unpaired) electrons. The first-order chi connectivity index (χ1) is 11.9. The van der Waals surface area contributed by atoms with E-state index in [9.17, 15) is 9.59 Å². The van der Waals surface area contributed by atoms with E-state index in [1.54, 1.807) is 17.6 Å². The number of aromatic nitrogens is 4. The van der Waals surface area contributed by atoms with E-state index in [1.807, 2.05) is 22.6 Å². The molecule has 0 saturated carbocycles. The minimum atomic E-state index is -0.442. The molecule has 1 unspecified atom stereocenters.